The van der Waals surface area contributed by atoms with E-state index in [1.165, 1.54) is 71.3 Å². The molecule has 0 radical (unpaired) electrons. The van der Waals surface area contributed by atoms with Gasteiger partial charge in [-0.1, -0.05) is 196 Å². The fraction of sp³-hybridized carbons (Fsp3) is 0.0556. The highest BCUT2D eigenvalue weighted by molar-refractivity contribution is 6.26. The van der Waals surface area contributed by atoms with E-state index in [-0.39, 0.29) is 5.41 Å². The summed E-state index contributed by atoms with van der Waals surface area (Å²) in [6.07, 6.45) is 0. The van der Waals surface area contributed by atoms with E-state index in [0.29, 0.717) is 17.5 Å². The van der Waals surface area contributed by atoms with Crippen molar-refractivity contribution in [1.82, 2.24) is 15.0 Å². The first kappa shape index (κ1) is 33.1. The molecule has 1 heterocycles. The Labute approximate surface area is 332 Å². The van der Waals surface area contributed by atoms with Gasteiger partial charge in [0.25, 0.3) is 0 Å². The highest BCUT2D eigenvalue weighted by Crippen LogP contribution is 2.55. The summed E-state index contributed by atoms with van der Waals surface area (Å²) in [5, 5.41) is 7.66. The highest BCUT2D eigenvalue weighted by Gasteiger charge is 2.37. The van der Waals surface area contributed by atoms with E-state index >= 15 is 0 Å². The lowest BCUT2D eigenvalue weighted by Gasteiger charge is -2.23. The molecule has 0 saturated carbocycles. The standard InChI is InChI=1S/C54H37N3/c1-54(2)47-24-14-13-23-45(47)50-48(54)32-31-39(49(50)38-29-30-44-42-21-10-9-19-40(42)41-20-11-12-22-43(41)46(44)33-38)34-25-27-37(28-26-34)53-56-51(35-15-5-3-6-16-35)55-52(57-53)36-17-7-4-8-18-36/h3-33H,1-2H3. The fourth-order valence-electron chi connectivity index (χ4n) is 9.13. The van der Waals surface area contributed by atoms with E-state index in [4.69, 9.17) is 15.0 Å². The summed E-state index contributed by atoms with van der Waals surface area (Å²) >= 11 is 0. The maximum atomic E-state index is 5.01. The van der Waals surface area contributed by atoms with E-state index in [1.807, 2.05) is 60.7 Å². The molecule has 0 bridgehead atoms. The molecule has 268 valence electrons. The third kappa shape index (κ3) is 5.31. The van der Waals surface area contributed by atoms with Crippen molar-refractivity contribution in [1.29, 1.82) is 0 Å². The topological polar surface area (TPSA) is 38.7 Å². The summed E-state index contributed by atoms with van der Waals surface area (Å²) in [5.41, 5.74) is 12.9. The molecule has 3 heteroatoms. The van der Waals surface area contributed by atoms with Crippen LogP contribution in [-0.4, -0.2) is 15.0 Å². The van der Waals surface area contributed by atoms with E-state index in [1.54, 1.807) is 0 Å². The van der Waals surface area contributed by atoms with Crippen LogP contribution in [0, 0.1) is 0 Å². The zero-order valence-corrected chi connectivity index (χ0v) is 31.7. The molecule has 1 aliphatic rings. The lowest BCUT2D eigenvalue weighted by atomic mass is 9.80. The number of rotatable bonds is 5. The minimum absolute atomic E-state index is 0.131. The summed E-state index contributed by atoms with van der Waals surface area (Å²) in [4.78, 5) is 14.9. The SMILES string of the molecule is CC1(C)c2ccccc2-c2c1ccc(-c1ccc(-c3nc(-c4ccccc4)nc(-c4ccccc4)n3)cc1)c2-c1ccc2c3ccccc3c3ccccc3c2c1. The number of hydrogen-bond donors (Lipinski definition) is 0. The van der Waals surface area contributed by atoms with Gasteiger partial charge in [0.1, 0.15) is 0 Å². The van der Waals surface area contributed by atoms with E-state index in [0.717, 1.165) is 22.3 Å². The molecule has 0 spiro atoms. The monoisotopic (exact) mass is 727 g/mol. The third-order valence-corrected chi connectivity index (χ3v) is 11.9. The largest absolute Gasteiger partial charge is 0.208 e. The maximum absolute atomic E-state index is 5.01. The Hall–Kier alpha value is -7.23. The van der Waals surface area contributed by atoms with Crippen LogP contribution < -0.4 is 0 Å². The van der Waals surface area contributed by atoms with Gasteiger partial charge in [0.15, 0.2) is 17.5 Å². The highest BCUT2D eigenvalue weighted by atomic mass is 15.0. The Morgan fingerprint density at radius 3 is 1.32 bits per heavy atom. The lowest BCUT2D eigenvalue weighted by Crippen LogP contribution is -2.14. The molecule has 0 amide bonds. The van der Waals surface area contributed by atoms with Crippen molar-refractivity contribution in [3.05, 3.63) is 199 Å². The molecular formula is C54H37N3. The molecule has 10 aromatic rings. The van der Waals surface area contributed by atoms with Crippen molar-refractivity contribution in [2.24, 2.45) is 0 Å². The predicted molar refractivity (Wildman–Crippen MR) is 237 cm³/mol. The molecule has 1 aromatic heterocycles. The van der Waals surface area contributed by atoms with Gasteiger partial charge in [-0.2, -0.15) is 0 Å². The van der Waals surface area contributed by atoms with Gasteiger partial charge in [0.05, 0.1) is 0 Å². The van der Waals surface area contributed by atoms with Gasteiger partial charge in [-0.25, -0.2) is 15.0 Å². The van der Waals surface area contributed by atoms with Crippen LogP contribution in [0.2, 0.25) is 0 Å². The van der Waals surface area contributed by atoms with Crippen molar-refractivity contribution < 1.29 is 0 Å². The summed E-state index contributed by atoms with van der Waals surface area (Å²) in [6, 6.07) is 67.4. The van der Waals surface area contributed by atoms with Crippen LogP contribution in [0.25, 0.3) is 99.9 Å². The number of hydrogen-bond acceptors (Lipinski definition) is 3. The molecule has 0 saturated heterocycles. The maximum Gasteiger partial charge on any atom is 0.164 e. The summed E-state index contributed by atoms with van der Waals surface area (Å²) in [6.45, 7) is 4.72. The normalized spacial score (nSPS) is 12.9. The van der Waals surface area contributed by atoms with Crippen molar-refractivity contribution in [2.45, 2.75) is 19.3 Å². The molecule has 1 aliphatic carbocycles. The lowest BCUT2D eigenvalue weighted by molar-refractivity contribution is 0.660. The van der Waals surface area contributed by atoms with Gasteiger partial charge >= 0.3 is 0 Å². The van der Waals surface area contributed by atoms with E-state index in [9.17, 15) is 0 Å². The molecule has 9 aromatic carbocycles. The van der Waals surface area contributed by atoms with Gasteiger partial charge in [-0.15, -0.1) is 0 Å². The van der Waals surface area contributed by atoms with Crippen LogP contribution in [-0.2, 0) is 5.41 Å². The van der Waals surface area contributed by atoms with E-state index < -0.39 is 0 Å². The van der Waals surface area contributed by atoms with Crippen LogP contribution in [0.5, 0.6) is 0 Å². The van der Waals surface area contributed by atoms with Gasteiger partial charge in [0, 0.05) is 22.1 Å². The second kappa shape index (κ2) is 12.9. The average Bonchev–Trinajstić information content (AvgIpc) is 3.52. The Kier molecular flexibility index (Phi) is 7.52. The van der Waals surface area contributed by atoms with Crippen LogP contribution in [0.3, 0.4) is 0 Å². The van der Waals surface area contributed by atoms with Crippen LogP contribution in [0.15, 0.2) is 188 Å². The Morgan fingerprint density at radius 2 is 0.737 bits per heavy atom. The molecular weight excluding hydrogens is 691 g/mol. The van der Waals surface area contributed by atoms with Crippen molar-refractivity contribution >= 4 is 32.3 Å². The zero-order chi connectivity index (χ0) is 38.1. The number of nitrogens with zero attached hydrogens (tertiary/aromatic N) is 3. The summed E-state index contributed by atoms with van der Waals surface area (Å²) < 4.78 is 0. The average molecular weight is 728 g/mol. The van der Waals surface area contributed by atoms with Crippen LogP contribution >= 0.6 is 0 Å². The molecule has 0 atom stereocenters. The zero-order valence-electron chi connectivity index (χ0n) is 31.7. The van der Waals surface area contributed by atoms with Crippen molar-refractivity contribution in [3.63, 3.8) is 0 Å². The Balaban J connectivity index is 1.12. The number of benzene rings is 9. The second-order valence-electron chi connectivity index (χ2n) is 15.5. The minimum atomic E-state index is -0.131. The quantitative estimate of drug-likeness (QED) is 0.166. The minimum Gasteiger partial charge on any atom is -0.208 e. The first-order valence-corrected chi connectivity index (χ1v) is 19.6. The van der Waals surface area contributed by atoms with Crippen LogP contribution in [0.1, 0.15) is 25.0 Å². The summed E-state index contributed by atoms with van der Waals surface area (Å²) in [7, 11) is 0. The molecule has 0 unspecified atom stereocenters. The van der Waals surface area contributed by atoms with Gasteiger partial charge < -0.3 is 0 Å². The molecule has 0 fully saturated rings. The van der Waals surface area contributed by atoms with Crippen molar-refractivity contribution in [2.75, 3.05) is 0 Å². The second-order valence-corrected chi connectivity index (χ2v) is 15.5. The van der Waals surface area contributed by atoms with Gasteiger partial charge in [0.2, 0.25) is 0 Å². The molecule has 0 aliphatic heterocycles. The smallest absolute Gasteiger partial charge is 0.164 e. The number of aromatic nitrogens is 3. The van der Waals surface area contributed by atoms with Crippen LogP contribution in [0.4, 0.5) is 0 Å². The van der Waals surface area contributed by atoms with Gasteiger partial charge in [-0.3, -0.25) is 0 Å². The molecule has 11 rings (SSSR count). The van der Waals surface area contributed by atoms with Crippen molar-refractivity contribution in [3.8, 4) is 67.5 Å². The number of fused-ring (bicyclic) bond motifs is 9. The molecule has 3 nitrogen and oxygen atoms in total. The summed E-state index contributed by atoms with van der Waals surface area (Å²) in [5.74, 6) is 1.96. The first-order chi connectivity index (χ1) is 28.0. The first-order valence-electron chi connectivity index (χ1n) is 19.6. The third-order valence-electron chi connectivity index (χ3n) is 11.9. The molecule has 57 heavy (non-hydrogen) atoms. The van der Waals surface area contributed by atoms with Gasteiger partial charge in [-0.05, 0) is 82.9 Å². The fourth-order valence-corrected chi connectivity index (χ4v) is 9.13. The Morgan fingerprint density at radius 1 is 0.298 bits per heavy atom. The molecule has 0 N–H and O–H groups in total. The predicted octanol–water partition coefficient (Wildman–Crippen LogP) is 14.0. The van der Waals surface area contributed by atoms with E-state index in [2.05, 4.69) is 141 Å². The Bertz CT molecular complexity index is 3090.